The summed E-state index contributed by atoms with van der Waals surface area (Å²) in [4.78, 5) is 47.0. The second kappa shape index (κ2) is 11.4. The number of hydrogen-bond acceptors (Lipinski definition) is 7. The van der Waals surface area contributed by atoms with E-state index in [-0.39, 0.29) is 11.9 Å². The molecule has 0 spiro atoms. The number of phosphoric acid groups is 1. The van der Waals surface area contributed by atoms with Crippen molar-refractivity contribution in [2.75, 3.05) is 11.9 Å². The minimum absolute atomic E-state index is 0.0146. The summed E-state index contributed by atoms with van der Waals surface area (Å²) in [7, 11) is -4.71. The molecule has 13 heteroatoms. The van der Waals surface area contributed by atoms with Gasteiger partial charge in [0.2, 0.25) is 0 Å². The van der Waals surface area contributed by atoms with Crippen molar-refractivity contribution in [2.24, 2.45) is 9.98 Å². The highest BCUT2D eigenvalue weighted by Crippen LogP contribution is 2.38. The van der Waals surface area contributed by atoms with Gasteiger partial charge >= 0.3 is 13.9 Å². The van der Waals surface area contributed by atoms with Crippen LogP contribution in [0.1, 0.15) is 26.3 Å². The zero-order chi connectivity index (χ0) is 25.6. The van der Waals surface area contributed by atoms with Gasteiger partial charge in [-0.05, 0) is 62.9 Å². The average Bonchev–Trinajstić information content (AvgIpc) is 3.20. The van der Waals surface area contributed by atoms with Gasteiger partial charge in [0.15, 0.2) is 11.0 Å². The molecule has 2 amide bonds. The number of anilines is 1. The summed E-state index contributed by atoms with van der Waals surface area (Å²) in [6.45, 7) is 8.95. The lowest BCUT2D eigenvalue weighted by atomic mass is 10.0. The molecule has 4 N–H and O–H groups in total. The first-order valence-corrected chi connectivity index (χ1v) is 12.8. The first-order valence-electron chi connectivity index (χ1n) is 10.5. The number of amides is 2. The van der Waals surface area contributed by atoms with Crippen LogP contribution >= 0.6 is 19.2 Å². The number of thiazole rings is 1. The number of aliphatic imine (C=N–C) groups is 2. The molecule has 2 aromatic heterocycles. The van der Waals surface area contributed by atoms with Crippen molar-refractivity contribution in [3.8, 4) is 11.3 Å². The van der Waals surface area contributed by atoms with E-state index in [1.807, 2.05) is 44.2 Å². The lowest BCUT2D eigenvalue weighted by Crippen LogP contribution is -2.28. The summed E-state index contributed by atoms with van der Waals surface area (Å²) in [5.41, 5.74) is 3.73. The first-order chi connectivity index (χ1) is 16.6. The molecule has 1 atom stereocenters. The van der Waals surface area contributed by atoms with Gasteiger partial charge in [-0.2, -0.15) is 0 Å². The van der Waals surface area contributed by atoms with E-state index in [0.717, 1.165) is 27.1 Å². The maximum Gasteiger partial charge on any atom is 0.470 e. The van der Waals surface area contributed by atoms with E-state index in [9.17, 15) is 9.36 Å². The van der Waals surface area contributed by atoms with Gasteiger partial charge in [0, 0.05) is 24.5 Å². The lowest BCUT2D eigenvalue weighted by Gasteiger charge is -2.12. The van der Waals surface area contributed by atoms with Crippen LogP contribution in [0.25, 0.3) is 27.0 Å². The van der Waals surface area contributed by atoms with Gasteiger partial charge in [-0.3, -0.25) is 14.8 Å². The zero-order valence-electron chi connectivity index (χ0n) is 19.3. The van der Waals surface area contributed by atoms with Crippen LogP contribution in [0.3, 0.4) is 0 Å². The molecule has 0 aliphatic heterocycles. The molecule has 0 fully saturated rings. The molecule has 11 nitrogen and oxygen atoms in total. The minimum atomic E-state index is -4.71. The monoisotopic (exact) mass is 516 g/mol. The Hall–Kier alpha value is -3.28. The predicted molar refractivity (Wildman–Crippen MR) is 139 cm³/mol. The number of urea groups is 1. The molecule has 0 saturated carbocycles. The molecular formula is C22H25N6O5PS. The maximum absolute atomic E-state index is 12.0. The van der Waals surface area contributed by atoms with E-state index in [4.69, 9.17) is 9.79 Å². The van der Waals surface area contributed by atoms with E-state index >= 15 is 0 Å². The summed E-state index contributed by atoms with van der Waals surface area (Å²) < 4.78 is 16.6. The fourth-order valence-corrected chi connectivity index (χ4v) is 4.56. The second-order valence-corrected chi connectivity index (χ2v) is 9.48. The van der Waals surface area contributed by atoms with Gasteiger partial charge in [-0.25, -0.2) is 24.3 Å². The fraction of sp³-hybridized carbons (Fsp3) is 0.227. The highest BCUT2D eigenvalue weighted by molar-refractivity contribution is 7.46. The van der Waals surface area contributed by atoms with Crippen LogP contribution in [0.4, 0.5) is 9.93 Å². The molecule has 0 aliphatic rings. The van der Waals surface area contributed by atoms with Crippen LogP contribution in [0.5, 0.6) is 0 Å². The van der Waals surface area contributed by atoms with Gasteiger partial charge < -0.3 is 15.1 Å². The van der Waals surface area contributed by atoms with Gasteiger partial charge in [-0.15, -0.1) is 0 Å². The minimum Gasteiger partial charge on any atom is -0.338 e. The summed E-state index contributed by atoms with van der Waals surface area (Å²) in [6.07, 6.45) is 2.14. The molecule has 1 aromatic carbocycles. The normalized spacial score (nSPS) is 13.5. The molecule has 35 heavy (non-hydrogen) atoms. The summed E-state index contributed by atoms with van der Waals surface area (Å²) >= 11 is 1.34. The molecule has 1 unspecified atom stereocenters. The molecule has 2 heterocycles. The van der Waals surface area contributed by atoms with Crippen molar-refractivity contribution in [2.45, 2.75) is 26.9 Å². The number of aromatic nitrogens is 2. The van der Waals surface area contributed by atoms with Crippen molar-refractivity contribution in [3.63, 3.8) is 0 Å². The number of allylic oxidation sites excluding steroid dienone is 1. The second-order valence-electron chi connectivity index (χ2n) is 7.29. The van der Waals surface area contributed by atoms with E-state index in [2.05, 4.69) is 41.8 Å². The number of hydrogen-bond donors (Lipinski definition) is 4. The molecule has 184 valence electrons. The Morgan fingerprint density at radius 3 is 2.77 bits per heavy atom. The number of carbonyl (C=O) groups excluding carboxylic acids is 1. The van der Waals surface area contributed by atoms with Crippen molar-refractivity contribution < 1.29 is 23.7 Å². The Bertz CT molecular complexity index is 1330. The zero-order valence-corrected chi connectivity index (χ0v) is 21.0. The third-order valence-corrected chi connectivity index (χ3v) is 6.27. The van der Waals surface area contributed by atoms with Crippen LogP contribution in [-0.4, -0.2) is 51.0 Å². The van der Waals surface area contributed by atoms with Gasteiger partial charge in [0.1, 0.15) is 6.10 Å². The van der Waals surface area contributed by atoms with Crippen molar-refractivity contribution in [1.29, 1.82) is 0 Å². The third-order valence-electron chi connectivity index (χ3n) is 4.66. The molecule has 3 rings (SSSR count). The number of amidine groups is 1. The Labute approximate surface area is 206 Å². The smallest absolute Gasteiger partial charge is 0.338 e. The van der Waals surface area contributed by atoms with Crippen LogP contribution < -0.4 is 10.6 Å². The Balaban J connectivity index is 2.05. The predicted octanol–water partition coefficient (Wildman–Crippen LogP) is 4.46. The largest absolute Gasteiger partial charge is 0.470 e. The van der Waals surface area contributed by atoms with E-state index in [1.165, 1.54) is 24.5 Å². The first kappa shape index (κ1) is 26.3. The Kier molecular flexibility index (Phi) is 8.60. The lowest BCUT2D eigenvalue weighted by molar-refractivity contribution is 0.180. The number of pyridine rings is 1. The number of phosphoric ester groups is 1. The molecule has 0 aliphatic carbocycles. The van der Waals surface area contributed by atoms with Crippen LogP contribution in [0.15, 0.2) is 52.7 Å². The highest BCUT2D eigenvalue weighted by Gasteiger charge is 2.22. The number of rotatable bonds is 8. The summed E-state index contributed by atoms with van der Waals surface area (Å²) in [5, 5.41) is 5.87. The quantitative estimate of drug-likeness (QED) is 0.195. The van der Waals surface area contributed by atoms with Crippen LogP contribution in [0.2, 0.25) is 0 Å². The molecule has 0 bridgehead atoms. The van der Waals surface area contributed by atoms with Crippen molar-refractivity contribution in [3.05, 3.63) is 48.3 Å². The number of benzene rings is 1. The average molecular weight is 517 g/mol. The summed E-state index contributed by atoms with van der Waals surface area (Å²) in [5.74, 6) is 0.0146. The molecule has 3 aromatic rings. The fourth-order valence-electron chi connectivity index (χ4n) is 3.09. The van der Waals surface area contributed by atoms with E-state index in [1.54, 1.807) is 6.20 Å². The van der Waals surface area contributed by atoms with E-state index in [0.29, 0.717) is 17.2 Å². The molecule has 0 saturated heterocycles. The molecule has 0 radical (unpaired) electrons. The number of carbonyl (C=O) groups is 1. The number of fused-ring (bicyclic) bond motifs is 1. The Morgan fingerprint density at radius 2 is 2.14 bits per heavy atom. The number of nitrogens with one attached hydrogen (secondary N) is 2. The van der Waals surface area contributed by atoms with Crippen molar-refractivity contribution in [1.82, 2.24) is 15.3 Å². The third kappa shape index (κ3) is 7.10. The summed E-state index contributed by atoms with van der Waals surface area (Å²) in [6, 6.07) is 9.05. The molecular weight excluding hydrogens is 491 g/mol. The SMILES string of the molecule is C=NC(=N/C=C(\C)c1cc(-c2ccccn2)c2sc(NC(=O)NCC)nc2c1)C(C)OP(=O)(O)O. The van der Waals surface area contributed by atoms with Crippen LogP contribution in [-0.2, 0) is 9.09 Å². The van der Waals surface area contributed by atoms with Gasteiger partial charge in [0.25, 0.3) is 0 Å². The number of nitrogens with zero attached hydrogens (tertiary/aromatic N) is 4. The standard InChI is InChI=1S/C22H25N6O5PS/c1-5-24-21(29)28-22-27-18-11-15(10-16(19(18)35-22)17-8-6-7-9-25-17)13(2)12-26-20(23-4)14(3)33-34(30,31)32/h6-12,14H,4-5H2,1-3H3,(H2,30,31,32)(H2,24,27,28,29)/b13-12+,26-20?. The maximum atomic E-state index is 12.0. The Morgan fingerprint density at radius 1 is 1.37 bits per heavy atom. The van der Waals surface area contributed by atoms with Gasteiger partial charge in [0.05, 0.1) is 15.9 Å². The van der Waals surface area contributed by atoms with Gasteiger partial charge in [-0.1, -0.05) is 17.4 Å². The topological polar surface area (TPSA) is 158 Å². The van der Waals surface area contributed by atoms with E-state index < -0.39 is 13.9 Å². The van der Waals surface area contributed by atoms with Crippen molar-refractivity contribution >= 4 is 58.7 Å². The highest BCUT2D eigenvalue weighted by atomic mass is 32.1. The van der Waals surface area contributed by atoms with Crippen LogP contribution in [0, 0.1) is 0 Å².